The Morgan fingerprint density at radius 2 is 2.00 bits per heavy atom. The van der Waals surface area contributed by atoms with Crippen molar-refractivity contribution in [1.29, 1.82) is 0 Å². The summed E-state index contributed by atoms with van der Waals surface area (Å²) in [6, 6.07) is 6.54. The summed E-state index contributed by atoms with van der Waals surface area (Å²) in [4.78, 5) is 10.7. The maximum atomic E-state index is 10.7. The van der Waals surface area contributed by atoms with Gasteiger partial charge in [0, 0.05) is 6.04 Å². The van der Waals surface area contributed by atoms with E-state index in [0.29, 0.717) is 6.42 Å². The number of methoxy groups -OCH3 is 1. The second-order valence-corrected chi connectivity index (χ2v) is 3.56. The van der Waals surface area contributed by atoms with E-state index in [1.807, 2.05) is 12.1 Å². The highest BCUT2D eigenvalue weighted by molar-refractivity contribution is 5.79. The highest BCUT2D eigenvalue weighted by atomic mass is 16.5. The third-order valence-electron chi connectivity index (χ3n) is 2.33. The van der Waals surface area contributed by atoms with Crippen LogP contribution in [0.5, 0.6) is 5.75 Å². The van der Waals surface area contributed by atoms with E-state index in [1.165, 1.54) is 0 Å². The largest absolute Gasteiger partial charge is 0.497 e. The molecule has 1 aromatic rings. The van der Waals surface area contributed by atoms with Crippen molar-refractivity contribution in [2.45, 2.75) is 18.6 Å². The zero-order valence-electron chi connectivity index (χ0n) is 9.09. The van der Waals surface area contributed by atoms with Gasteiger partial charge in [-0.3, -0.25) is 4.79 Å². The van der Waals surface area contributed by atoms with Gasteiger partial charge in [0.25, 0.3) is 0 Å². The van der Waals surface area contributed by atoms with Gasteiger partial charge in [0.2, 0.25) is 5.91 Å². The molecule has 0 aliphatic heterocycles. The highest BCUT2D eigenvalue weighted by Gasteiger charge is 2.20. The number of primary amides is 1. The molecule has 5 heteroatoms. The number of rotatable bonds is 5. The third kappa shape index (κ3) is 3.22. The molecule has 0 heterocycles. The fourth-order valence-electron chi connectivity index (χ4n) is 1.36. The summed E-state index contributed by atoms with van der Waals surface area (Å²) in [5, 5.41) is 9.33. The number of aliphatic hydroxyl groups is 1. The van der Waals surface area contributed by atoms with Crippen molar-refractivity contribution in [2.24, 2.45) is 11.5 Å². The smallest absolute Gasteiger partial charge is 0.247 e. The number of aliphatic hydroxyl groups excluding tert-OH is 1. The number of hydrogen-bond donors (Lipinski definition) is 3. The Balaban J connectivity index is 2.62. The standard InChI is InChI=1S/C11H16N2O3/c1-16-8-4-2-7(3-5-8)6-9(12)10(14)11(13)15/h2-5,9-10,14H,6,12H2,1H3,(H2,13,15)/t9-,10?/m0/s1. The normalized spacial score (nSPS) is 14.2. The molecule has 0 aromatic heterocycles. The monoisotopic (exact) mass is 224 g/mol. The van der Waals surface area contributed by atoms with Crippen molar-refractivity contribution in [1.82, 2.24) is 0 Å². The Labute approximate surface area is 94.0 Å². The van der Waals surface area contributed by atoms with Crippen molar-refractivity contribution in [3.05, 3.63) is 29.8 Å². The molecule has 0 saturated carbocycles. The van der Waals surface area contributed by atoms with E-state index < -0.39 is 18.1 Å². The van der Waals surface area contributed by atoms with Gasteiger partial charge in [0.05, 0.1) is 7.11 Å². The number of benzene rings is 1. The average molecular weight is 224 g/mol. The van der Waals surface area contributed by atoms with Crippen LogP contribution in [0.2, 0.25) is 0 Å². The van der Waals surface area contributed by atoms with Crippen molar-refractivity contribution in [3.8, 4) is 5.75 Å². The van der Waals surface area contributed by atoms with Crippen molar-refractivity contribution in [3.63, 3.8) is 0 Å². The van der Waals surface area contributed by atoms with Crippen LogP contribution in [0.3, 0.4) is 0 Å². The number of hydrogen-bond acceptors (Lipinski definition) is 4. The first-order chi connectivity index (χ1) is 7.54. The van der Waals surface area contributed by atoms with E-state index in [-0.39, 0.29) is 0 Å². The molecule has 0 fully saturated rings. The van der Waals surface area contributed by atoms with Crippen LogP contribution < -0.4 is 16.2 Å². The van der Waals surface area contributed by atoms with Gasteiger partial charge in [-0.2, -0.15) is 0 Å². The molecule has 1 aromatic carbocycles. The predicted molar refractivity (Wildman–Crippen MR) is 59.9 cm³/mol. The van der Waals surface area contributed by atoms with Gasteiger partial charge in [-0.15, -0.1) is 0 Å². The quantitative estimate of drug-likeness (QED) is 0.622. The second-order valence-electron chi connectivity index (χ2n) is 3.56. The number of carbonyl (C=O) groups excluding carboxylic acids is 1. The van der Waals surface area contributed by atoms with Gasteiger partial charge >= 0.3 is 0 Å². The van der Waals surface area contributed by atoms with E-state index in [0.717, 1.165) is 11.3 Å². The van der Waals surface area contributed by atoms with Gasteiger partial charge in [-0.1, -0.05) is 12.1 Å². The van der Waals surface area contributed by atoms with Gasteiger partial charge in [-0.25, -0.2) is 0 Å². The molecule has 5 N–H and O–H groups in total. The summed E-state index contributed by atoms with van der Waals surface area (Å²) in [6.45, 7) is 0. The van der Waals surface area contributed by atoms with Gasteiger partial charge < -0.3 is 21.3 Å². The van der Waals surface area contributed by atoms with Gasteiger partial charge in [0.15, 0.2) is 0 Å². The van der Waals surface area contributed by atoms with Crippen LogP contribution >= 0.6 is 0 Å². The van der Waals surface area contributed by atoms with E-state index in [9.17, 15) is 9.90 Å². The molecule has 88 valence electrons. The lowest BCUT2D eigenvalue weighted by Crippen LogP contribution is -2.45. The topological polar surface area (TPSA) is 98.6 Å². The summed E-state index contributed by atoms with van der Waals surface area (Å²) in [5.41, 5.74) is 11.5. The molecule has 0 saturated heterocycles. The van der Waals surface area contributed by atoms with Crippen molar-refractivity contribution in [2.75, 3.05) is 7.11 Å². The molecule has 5 nitrogen and oxygen atoms in total. The molecule has 0 radical (unpaired) electrons. The number of carbonyl (C=O) groups is 1. The number of ether oxygens (including phenoxy) is 1. The van der Waals surface area contributed by atoms with Crippen LogP contribution in [0, 0.1) is 0 Å². The molecule has 0 spiro atoms. The SMILES string of the molecule is COc1ccc(C[C@H](N)C(O)C(N)=O)cc1. The van der Waals surface area contributed by atoms with Crippen LogP contribution in [-0.4, -0.2) is 30.3 Å². The summed E-state index contributed by atoms with van der Waals surface area (Å²) >= 11 is 0. The lowest BCUT2D eigenvalue weighted by atomic mass is 10.0. The Hall–Kier alpha value is -1.59. The Morgan fingerprint density at radius 1 is 1.44 bits per heavy atom. The Bertz CT molecular complexity index is 351. The molecule has 0 aliphatic rings. The number of amides is 1. The van der Waals surface area contributed by atoms with Crippen molar-refractivity contribution >= 4 is 5.91 Å². The fourth-order valence-corrected chi connectivity index (χ4v) is 1.36. The van der Waals surface area contributed by atoms with Crippen LogP contribution in [-0.2, 0) is 11.2 Å². The maximum Gasteiger partial charge on any atom is 0.247 e. The van der Waals surface area contributed by atoms with Gasteiger partial charge in [-0.05, 0) is 24.1 Å². The molecule has 1 rings (SSSR count). The first kappa shape index (κ1) is 12.5. The minimum absolute atomic E-state index is 0.383. The zero-order chi connectivity index (χ0) is 12.1. The zero-order valence-corrected chi connectivity index (χ0v) is 9.09. The summed E-state index contributed by atoms with van der Waals surface area (Å²) in [5.74, 6) is -0.0613. The molecular formula is C11H16N2O3. The summed E-state index contributed by atoms with van der Waals surface area (Å²) in [6.07, 6.45) is -0.934. The molecule has 1 amide bonds. The van der Waals surface area contributed by atoms with Crippen LogP contribution in [0.1, 0.15) is 5.56 Å². The molecule has 0 bridgehead atoms. The summed E-state index contributed by atoms with van der Waals surface area (Å²) < 4.78 is 5.01. The molecule has 16 heavy (non-hydrogen) atoms. The first-order valence-corrected chi connectivity index (χ1v) is 4.90. The average Bonchev–Trinajstić information content (AvgIpc) is 2.28. The Kier molecular flexibility index (Phi) is 4.28. The predicted octanol–water partition coefficient (Wildman–Crippen LogP) is -0.589. The molecule has 2 atom stereocenters. The minimum atomic E-state index is -1.32. The molecule has 1 unspecified atom stereocenters. The number of nitrogens with two attached hydrogens (primary N) is 2. The van der Waals surface area contributed by atoms with E-state index in [4.69, 9.17) is 16.2 Å². The fraction of sp³-hybridized carbons (Fsp3) is 0.364. The highest BCUT2D eigenvalue weighted by Crippen LogP contribution is 2.12. The lowest BCUT2D eigenvalue weighted by Gasteiger charge is -2.15. The molecular weight excluding hydrogens is 208 g/mol. The molecule has 0 aliphatic carbocycles. The minimum Gasteiger partial charge on any atom is -0.497 e. The van der Waals surface area contributed by atoms with Crippen molar-refractivity contribution < 1.29 is 14.6 Å². The second kappa shape index (κ2) is 5.48. The van der Waals surface area contributed by atoms with E-state index in [1.54, 1.807) is 19.2 Å². The van der Waals surface area contributed by atoms with Gasteiger partial charge in [0.1, 0.15) is 11.9 Å². The Morgan fingerprint density at radius 3 is 2.44 bits per heavy atom. The van der Waals surface area contributed by atoms with Crippen LogP contribution in [0.25, 0.3) is 0 Å². The van der Waals surface area contributed by atoms with Crippen LogP contribution in [0.15, 0.2) is 24.3 Å². The van der Waals surface area contributed by atoms with Crippen LogP contribution in [0.4, 0.5) is 0 Å². The van der Waals surface area contributed by atoms with E-state index >= 15 is 0 Å². The maximum absolute atomic E-state index is 10.7. The third-order valence-corrected chi connectivity index (χ3v) is 2.33. The lowest BCUT2D eigenvalue weighted by molar-refractivity contribution is -0.126. The summed E-state index contributed by atoms with van der Waals surface area (Å²) in [7, 11) is 1.58. The van der Waals surface area contributed by atoms with E-state index in [2.05, 4.69) is 0 Å². The first-order valence-electron chi connectivity index (χ1n) is 4.90.